The zero-order valence-electron chi connectivity index (χ0n) is 13.6. The highest BCUT2D eigenvalue weighted by molar-refractivity contribution is 5.76. The lowest BCUT2D eigenvalue weighted by atomic mass is 10.2. The normalized spacial score (nSPS) is 11.7. The summed E-state index contributed by atoms with van der Waals surface area (Å²) in [6.07, 6.45) is 3.84. The van der Waals surface area contributed by atoms with Crippen molar-refractivity contribution in [1.29, 1.82) is 0 Å². The molecule has 0 aromatic carbocycles. The molecule has 0 aliphatic carbocycles. The van der Waals surface area contributed by atoms with Gasteiger partial charge in [0.1, 0.15) is 11.4 Å². The zero-order chi connectivity index (χ0) is 18.1. The number of H-pyrrole nitrogens is 2. The summed E-state index contributed by atoms with van der Waals surface area (Å²) in [5.74, 6) is -0.0763. The van der Waals surface area contributed by atoms with E-state index in [0.29, 0.717) is 36.1 Å². The van der Waals surface area contributed by atoms with E-state index in [2.05, 4.69) is 35.1 Å². The molecule has 0 unspecified atom stereocenters. The van der Waals surface area contributed by atoms with E-state index >= 15 is 0 Å². The number of imidazole rings is 2. The van der Waals surface area contributed by atoms with Crippen molar-refractivity contribution in [3.63, 3.8) is 0 Å². The maximum Gasteiger partial charge on any atom is 0.296 e. The molecule has 26 heavy (non-hydrogen) atoms. The van der Waals surface area contributed by atoms with Crippen LogP contribution >= 0.6 is 0 Å². The summed E-state index contributed by atoms with van der Waals surface area (Å²) >= 11 is 0. The smallest absolute Gasteiger partial charge is 0.296 e. The molecule has 9 nitrogen and oxygen atoms in total. The summed E-state index contributed by atoms with van der Waals surface area (Å²) in [5, 5.41) is 6.10. The number of aromatic nitrogens is 8. The Bertz CT molecular complexity index is 1020. The standard InChI is InChI=1S/C15H14F2N8O/c1-2-26-6-8-3-19-15-21-10(13-22-14(12(16)17)24-23-13)11(25(15)5-8)9-4-18-7-20-9/h3-5,7,12H,2,6H2,1H3,(H,18,20)(H,22,23,24). The number of alkyl halides is 2. The first-order valence-electron chi connectivity index (χ1n) is 7.81. The summed E-state index contributed by atoms with van der Waals surface area (Å²) in [7, 11) is 0. The number of aromatic amines is 2. The zero-order valence-corrected chi connectivity index (χ0v) is 13.6. The Morgan fingerprint density at radius 2 is 2.15 bits per heavy atom. The first-order chi connectivity index (χ1) is 12.7. The van der Waals surface area contributed by atoms with Gasteiger partial charge in [-0.3, -0.25) is 9.50 Å². The van der Waals surface area contributed by atoms with E-state index in [1.54, 1.807) is 16.8 Å². The first kappa shape index (κ1) is 16.3. The number of fused-ring (bicyclic) bond motifs is 1. The Morgan fingerprint density at radius 3 is 2.85 bits per heavy atom. The topological polar surface area (TPSA) is 110 Å². The SMILES string of the molecule is CCOCc1cnc2nc(-c3n[nH]c(C(F)F)n3)c(-c3cnc[nH]3)n2c1. The minimum Gasteiger partial charge on any atom is -0.377 e. The third kappa shape index (κ3) is 2.81. The molecule has 0 radical (unpaired) electrons. The van der Waals surface area contributed by atoms with Crippen LogP contribution in [-0.4, -0.2) is 46.1 Å². The van der Waals surface area contributed by atoms with E-state index < -0.39 is 12.2 Å². The van der Waals surface area contributed by atoms with Gasteiger partial charge >= 0.3 is 0 Å². The van der Waals surface area contributed by atoms with E-state index in [-0.39, 0.29) is 5.82 Å². The van der Waals surface area contributed by atoms with Gasteiger partial charge in [-0.25, -0.2) is 28.7 Å². The molecule has 0 atom stereocenters. The lowest BCUT2D eigenvalue weighted by Crippen LogP contribution is -1.98. The molecule has 134 valence electrons. The van der Waals surface area contributed by atoms with Crippen molar-refractivity contribution >= 4 is 5.78 Å². The van der Waals surface area contributed by atoms with E-state index in [1.165, 1.54) is 6.33 Å². The second-order valence-electron chi connectivity index (χ2n) is 5.39. The molecule has 4 rings (SSSR count). The average molecular weight is 360 g/mol. The van der Waals surface area contributed by atoms with Gasteiger partial charge in [-0.05, 0) is 6.92 Å². The maximum atomic E-state index is 12.8. The molecule has 0 bridgehead atoms. The highest BCUT2D eigenvalue weighted by atomic mass is 19.3. The fourth-order valence-corrected chi connectivity index (χ4v) is 2.54. The van der Waals surface area contributed by atoms with Gasteiger partial charge in [-0.15, -0.1) is 0 Å². The monoisotopic (exact) mass is 360 g/mol. The number of hydrogen-bond acceptors (Lipinski definition) is 6. The summed E-state index contributed by atoms with van der Waals surface area (Å²) in [5.41, 5.74) is 2.36. The summed E-state index contributed by atoms with van der Waals surface area (Å²) < 4.78 is 32.8. The molecule has 0 fully saturated rings. The Balaban J connectivity index is 1.89. The minimum absolute atomic E-state index is 0.0572. The van der Waals surface area contributed by atoms with Crippen molar-refractivity contribution in [3.05, 3.63) is 36.3 Å². The van der Waals surface area contributed by atoms with Crippen LogP contribution in [0.25, 0.3) is 28.7 Å². The predicted molar refractivity (Wildman–Crippen MR) is 86.2 cm³/mol. The van der Waals surface area contributed by atoms with Crippen LogP contribution in [0, 0.1) is 0 Å². The van der Waals surface area contributed by atoms with Crippen LogP contribution in [0.1, 0.15) is 24.7 Å². The number of halogens is 2. The van der Waals surface area contributed by atoms with Crippen LogP contribution in [0.15, 0.2) is 24.9 Å². The van der Waals surface area contributed by atoms with Crippen molar-refractivity contribution in [2.75, 3.05) is 6.61 Å². The molecule has 0 saturated heterocycles. The maximum absolute atomic E-state index is 12.8. The summed E-state index contributed by atoms with van der Waals surface area (Å²) in [6, 6.07) is 0. The molecular formula is C15H14F2N8O. The van der Waals surface area contributed by atoms with E-state index in [0.717, 1.165) is 5.56 Å². The molecule has 4 aromatic rings. The van der Waals surface area contributed by atoms with Gasteiger partial charge in [-0.1, -0.05) is 0 Å². The molecule has 2 N–H and O–H groups in total. The molecule has 0 saturated carbocycles. The fraction of sp³-hybridized carbons (Fsp3) is 0.267. The second-order valence-corrected chi connectivity index (χ2v) is 5.39. The lowest BCUT2D eigenvalue weighted by Gasteiger charge is -2.04. The molecule has 0 spiro atoms. The van der Waals surface area contributed by atoms with Crippen molar-refractivity contribution in [1.82, 2.24) is 39.5 Å². The van der Waals surface area contributed by atoms with Crippen LogP contribution in [0.3, 0.4) is 0 Å². The predicted octanol–water partition coefficient (Wildman–Crippen LogP) is 2.38. The largest absolute Gasteiger partial charge is 0.377 e. The quantitative estimate of drug-likeness (QED) is 0.546. The van der Waals surface area contributed by atoms with Gasteiger partial charge in [0, 0.05) is 24.6 Å². The molecular weight excluding hydrogens is 346 g/mol. The number of ether oxygens (including phenoxy) is 1. The van der Waals surface area contributed by atoms with Gasteiger partial charge in [0.25, 0.3) is 6.43 Å². The van der Waals surface area contributed by atoms with Crippen LogP contribution in [0.5, 0.6) is 0 Å². The van der Waals surface area contributed by atoms with Gasteiger partial charge < -0.3 is 9.72 Å². The molecule has 0 aliphatic rings. The lowest BCUT2D eigenvalue weighted by molar-refractivity contribution is 0.133. The number of rotatable bonds is 6. The van der Waals surface area contributed by atoms with Crippen molar-refractivity contribution < 1.29 is 13.5 Å². The summed E-state index contributed by atoms with van der Waals surface area (Å²) in [6.45, 7) is 2.88. The third-order valence-electron chi connectivity index (χ3n) is 3.68. The van der Waals surface area contributed by atoms with Crippen molar-refractivity contribution in [2.24, 2.45) is 0 Å². The molecule has 4 heterocycles. The van der Waals surface area contributed by atoms with E-state index in [1.807, 2.05) is 13.1 Å². The van der Waals surface area contributed by atoms with Crippen LogP contribution in [-0.2, 0) is 11.3 Å². The van der Waals surface area contributed by atoms with Gasteiger partial charge in [-0.2, -0.15) is 5.10 Å². The Morgan fingerprint density at radius 1 is 1.27 bits per heavy atom. The number of hydrogen-bond donors (Lipinski definition) is 2. The average Bonchev–Trinajstić information content (AvgIpc) is 3.36. The summed E-state index contributed by atoms with van der Waals surface area (Å²) in [4.78, 5) is 19.6. The molecule has 4 aromatic heterocycles. The third-order valence-corrected chi connectivity index (χ3v) is 3.68. The molecule has 0 aliphatic heterocycles. The Labute approximate surface area is 145 Å². The van der Waals surface area contributed by atoms with Gasteiger partial charge in [0.2, 0.25) is 11.6 Å². The molecule has 11 heteroatoms. The fourth-order valence-electron chi connectivity index (χ4n) is 2.54. The minimum atomic E-state index is -2.75. The second kappa shape index (κ2) is 6.59. The highest BCUT2D eigenvalue weighted by Crippen LogP contribution is 2.30. The van der Waals surface area contributed by atoms with Crippen molar-refractivity contribution in [2.45, 2.75) is 20.0 Å². The number of nitrogens with zero attached hydrogens (tertiary/aromatic N) is 6. The van der Waals surface area contributed by atoms with Crippen LogP contribution in [0.2, 0.25) is 0 Å². The molecule has 0 amide bonds. The van der Waals surface area contributed by atoms with Gasteiger partial charge in [0.15, 0.2) is 5.82 Å². The Hall–Kier alpha value is -3.21. The van der Waals surface area contributed by atoms with Crippen LogP contribution in [0.4, 0.5) is 8.78 Å². The van der Waals surface area contributed by atoms with Crippen LogP contribution < -0.4 is 0 Å². The number of nitrogens with one attached hydrogen (secondary N) is 2. The van der Waals surface area contributed by atoms with E-state index in [9.17, 15) is 8.78 Å². The highest BCUT2D eigenvalue weighted by Gasteiger charge is 2.23. The van der Waals surface area contributed by atoms with Gasteiger partial charge in [0.05, 0.1) is 24.8 Å². The Kier molecular flexibility index (Phi) is 4.13. The first-order valence-corrected chi connectivity index (χ1v) is 7.81. The van der Waals surface area contributed by atoms with Crippen molar-refractivity contribution in [3.8, 4) is 22.9 Å². The van der Waals surface area contributed by atoms with E-state index in [4.69, 9.17) is 4.74 Å².